The predicted octanol–water partition coefficient (Wildman–Crippen LogP) is 2.38. The molecule has 0 aromatic carbocycles. The minimum Gasteiger partial charge on any atom is -0.477 e. The second-order valence-electron chi connectivity index (χ2n) is 3.68. The van der Waals surface area contributed by atoms with Crippen LogP contribution in [0.2, 0.25) is 0 Å². The average molecular weight is 388 g/mol. The van der Waals surface area contributed by atoms with Gasteiger partial charge in [0.1, 0.15) is 5.69 Å². The van der Waals surface area contributed by atoms with E-state index >= 15 is 0 Å². The van der Waals surface area contributed by atoms with E-state index in [1.807, 2.05) is 6.07 Å². The molecule has 0 aliphatic carbocycles. The molecule has 0 atom stereocenters. The lowest BCUT2D eigenvalue weighted by Gasteiger charge is -2.03. The van der Waals surface area contributed by atoms with Gasteiger partial charge in [0.2, 0.25) is 0 Å². The first-order chi connectivity index (χ1) is 9.06. The summed E-state index contributed by atoms with van der Waals surface area (Å²) in [6.45, 7) is 0.318. The number of pyridine rings is 1. The Hall–Kier alpha value is -1.48. The minimum absolute atomic E-state index is 0.0116. The van der Waals surface area contributed by atoms with Crippen LogP contribution in [-0.4, -0.2) is 22.0 Å². The normalized spacial score (nSPS) is 10.2. The fourth-order valence-corrected chi connectivity index (χ4v) is 2.70. The highest BCUT2D eigenvalue weighted by atomic mass is 127. The molecule has 0 aliphatic heterocycles. The number of halogens is 1. The van der Waals surface area contributed by atoms with Crippen molar-refractivity contribution in [1.82, 2.24) is 10.3 Å². The summed E-state index contributed by atoms with van der Waals surface area (Å²) >= 11 is 3.66. The monoisotopic (exact) mass is 388 g/mol. The van der Waals surface area contributed by atoms with Gasteiger partial charge in [-0.1, -0.05) is 6.07 Å². The largest absolute Gasteiger partial charge is 0.477 e. The molecule has 5 nitrogen and oxygen atoms in total. The van der Waals surface area contributed by atoms with Gasteiger partial charge < -0.3 is 10.4 Å². The maximum absolute atomic E-state index is 11.8. The lowest BCUT2D eigenvalue weighted by molar-refractivity contribution is 0.0690. The Morgan fingerprint density at radius 3 is 2.74 bits per heavy atom. The number of carboxylic acid groups (broad SMARTS) is 1. The van der Waals surface area contributed by atoms with Gasteiger partial charge in [-0.3, -0.25) is 4.79 Å². The zero-order valence-corrected chi connectivity index (χ0v) is 12.6. The number of aromatic nitrogens is 1. The zero-order chi connectivity index (χ0) is 13.8. The highest BCUT2D eigenvalue weighted by molar-refractivity contribution is 14.1. The molecular weight excluding hydrogens is 379 g/mol. The molecule has 0 bridgehead atoms. The Morgan fingerprint density at radius 1 is 1.42 bits per heavy atom. The van der Waals surface area contributed by atoms with E-state index in [-0.39, 0.29) is 11.6 Å². The molecule has 2 aromatic rings. The van der Waals surface area contributed by atoms with E-state index < -0.39 is 5.97 Å². The molecule has 0 saturated carbocycles. The van der Waals surface area contributed by atoms with Crippen LogP contribution < -0.4 is 5.32 Å². The zero-order valence-electron chi connectivity index (χ0n) is 9.59. The Bertz CT molecular complexity index is 610. The molecule has 0 fully saturated rings. The molecule has 0 spiro atoms. The van der Waals surface area contributed by atoms with Gasteiger partial charge in [0.05, 0.1) is 8.45 Å². The quantitative estimate of drug-likeness (QED) is 0.789. The van der Waals surface area contributed by atoms with Crippen LogP contribution in [0.1, 0.15) is 26.4 Å². The van der Waals surface area contributed by atoms with Crippen molar-refractivity contribution in [3.63, 3.8) is 0 Å². The number of amides is 1. The Kier molecular flexibility index (Phi) is 4.48. The number of carbonyl (C=O) groups excluding carboxylic acids is 1. The lowest BCUT2D eigenvalue weighted by atomic mass is 10.2. The molecular formula is C12H9IN2O3S. The number of carboxylic acids is 1. The molecule has 1 amide bonds. The molecule has 0 aliphatic rings. The number of rotatable bonds is 4. The predicted molar refractivity (Wildman–Crippen MR) is 79.4 cm³/mol. The van der Waals surface area contributed by atoms with Gasteiger partial charge in [-0.05, 0) is 40.3 Å². The van der Waals surface area contributed by atoms with Gasteiger partial charge >= 0.3 is 5.97 Å². The molecule has 0 unspecified atom stereocenters. The van der Waals surface area contributed by atoms with Crippen LogP contribution in [0.3, 0.4) is 0 Å². The maximum atomic E-state index is 11.8. The molecule has 0 saturated heterocycles. The standard InChI is InChI=1S/C12H9IN2O3S/c13-10-3-8(6-19-10)11(16)15-5-7-1-2-9(12(17)18)14-4-7/h1-4,6H,5H2,(H,15,16)(H,17,18). The molecule has 0 radical (unpaired) electrons. The first-order valence-electron chi connectivity index (χ1n) is 5.26. The molecule has 2 heterocycles. The topological polar surface area (TPSA) is 79.3 Å². The van der Waals surface area contributed by atoms with Crippen LogP contribution in [0.4, 0.5) is 0 Å². The van der Waals surface area contributed by atoms with Crippen molar-refractivity contribution in [2.75, 3.05) is 0 Å². The third-order valence-corrected chi connectivity index (χ3v) is 4.12. The number of carbonyl (C=O) groups is 2. The smallest absolute Gasteiger partial charge is 0.354 e. The van der Waals surface area contributed by atoms with Gasteiger partial charge in [0.25, 0.3) is 5.91 Å². The molecule has 2 rings (SSSR count). The van der Waals surface area contributed by atoms with Crippen molar-refractivity contribution in [3.05, 3.63) is 49.5 Å². The van der Waals surface area contributed by atoms with Crippen molar-refractivity contribution in [1.29, 1.82) is 0 Å². The molecule has 98 valence electrons. The molecule has 2 N–H and O–H groups in total. The van der Waals surface area contributed by atoms with Crippen LogP contribution >= 0.6 is 33.9 Å². The van der Waals surface area contributed by atoms with Gasteiger partial charge in [-0.15, -0.1) is 11.3 Å². The fourth-order valence-electron chi connectivity index (χ4n) is 1.37. The summed E-state index contributed by atoms with van der Waals surface area (Å²) in [4.78, 5) is 26.2. The highest BCUT2D eigenvalue weighted by Crippen LogP contribution is 2.16. The summed E-state index contributed by atoms with van der Waals surface area (Å²) in [5.41, 5.74) is 1.37. The van der Waals surface area contributed by atoms with E-state index in [2.05, 4.69) is 32.9 Å². The summed E-state index contributed by atoms with van der Waals surface area (Å²) in [7, 11) is 0. The molecule has 7 heteroatoms. The second-order valence-corrected chi connectivity index (χ2v) is 6.48. The third kappa shape index (κ3) is 3.74. The van der Waals surface area contributed by atoms with Crippen molar-refractivity contribution < 1.29 is 14.7 Å². The summed E-state index contributed by atoms with van der Waals surface area (Å²) in [5, 5.41) is 13.3. The number of hydrogen-bond acceptors (Lipinski definition) is 4. The number of aromatic carboxylic acids is 1. The van der Waals surface area contributed by atoms with E-state index in [4.69, 9.17) is 5.11 Å². The van der Waals surface area contributed by atoms with E-state index in [0.29, 0.717) is 12.1 Å². The van der Waals surface area contributed by atoms with Crippen molar-refractivity contribution in [2.24, 2.45) is 0 Å². The van der Waals surface area contributed by atoms with Crippen LogP contribution in [0.25, 0.3) is 0 Å². The van der Waals surface area contributed by atoms with Gasteiger partial charge in [-0.25, -0.2) is 9.78 Å². The van der Waals surface area contributed by atoms with Crippen LogP contribution in [0.15, 0.2) is 29.8 Å². The fraction of sp³-hybridized carbons (Fsp3) is 0.0833. The second kappa shape index (κ2) is 6.11. The first-order valence-corrected chi connectivity index (χ1v) is 7.22. The van der Waals surface area contributed by atoms with Gasteiger partial charge in [0, 0.05) is 18.1 Å². The number of nitrogens with one attached hydrogen (secondary N) is 1. The summed E-state index contributed by atoms with van der Waals surface area (Å²) in [6.07, 6.45) is 1.45. The van der Waals surface area contributed by atoms with Gasteiger partial charge in [-0.2, -0.15) is 0 Å². The van der Waals surface area contributed by atoms with Crippen LogP contribution in [0, 0.1) is 2.88 Å². The number of thiophene rings is 1. The van der Waals surface area contributed by atoms with E-state index in [1.54, 1.807) is 11.4 Å². The van der Waals surface area contributed by atoms with E-state index in [1.165, 1.54) is 23.6 Å². The molecule has 2 aromatic heterocycles. The minimum atomic E-state index is -1.07. The maximum Gasteiger partial charge on any atom is 0.354 e. The highest BCUT2D eigenvalue weighted by Gasteiger charge is 2.08. The number of hydrogen-bond donors (Lipinski definition) is 2. The third-order valence-electron chi connectivity index (χ3n) is 2.33. The SMILES string of the molecule is O=C(NCc1ccc(C(=O)O)nc1)c1csc(I)c1. The number of nitrogens with zero attached hydrogens (tertiary/aromatic N) is 1. The van der Waals surface area contributed by atoms with E-state index in [0.717, 1.165) is 8.45 Å². The Morgan fingerprint density at radius 2 is 2.21 bits per heavy atom. The summed E-state index contributed by atoms with van der Waals surface area (Å²) < 4.78 is 1.05. The Labute approximate surface area is 126 Å². The van der Waals surface area contributed by atoms with E-state index in [9.17, 15) is 9.59 Å². The van der Waals surface area contributed by atoms with Crippen molar-refractivity contribution in [2.45, 2.75) is 6.54 Å². The average Bonchev–Trinajstić information content (AvgIpc) is 2.83. The van der Waals surface area contributed by atoms with Crippen molar-refractivity contribution >= 4 is 45.8 Å². The Balaban J connectivity index is 1.95. The summed E-state index contributed by atoms with van der Waals surface area (Å²) in [6, 6.07) is 4.86. The molecule has 19 heavy (non-hydrogen) atoms. The van der Waals surface area contributed by atoms with Crippen molar-refractivity contribution in [3.8, 4) is 0 Å². The van der Waals surface area contributed by atoms with Crippen LogP contribution in [0.5, 0.6) is 0 Å². The lowest BCUT2D eigenvalue weighted by Crippen LogP contribution is -2.22. The first kappa shape index (κ1) is 13.9. The van der Waals surface area contributed by atoms with Crippen LogP contribution in [-0.2, 0) is 6.54 Å². The van der Waals surface area contributed by atoms with Gasteiger partial charge in [0.15, 0.2) is 0 Å². The summed E-state index contributed by atoms with van der Waals surface area (Å²) in [5.74, 6) is -1.22.